The first-order valence-electron chi connectivity index (χ1n) is 9.17. The number of hydrogen-bond acceptors (Lipinski definition) is 6. The highest BCUT2D eigenvalue weighted by Crippen LogP contribution is 2.21. The van der Waals surface area contributed by atoms with E-state index in [0.29, 0.717) is 23.8 Å². The summed E-state index contributed by atoms with van der Waals surface area (Å²) in [5.74, 6) is 2.10. The van der Waals surface area contributed by atoms with Gasteiger partial charge in [0.15, 0.2) is 17.1 Å². The molecule has 0 aliphatic carbocycles. The number of benzene rings is 2. The van der Waals surface area contributed by atoms with Gasteiger partial charge in [0.25, 0.3) is 0 Å². The highest BCUT2D eigenvalue weighted by atomic mass is 16.5. The van der Waals surface area contributed by atoms with Gasteiger partial charge in [0, 0.05) is 6.07 Å². The van der Waals surface area contributed by atoms with Crippen molar-refractivity contribution in [1.82, 2.24) is 29.4 Å². The molecule has 5 aromatic rings. The van der Waals surface area contributed by atoms with Crippen molar-refractivity contribution in [3.63, 3.8) is 0 Å². The van der Waals surface area contributed by atoms with Gasteiger partial charge < -0.3 is 9.47 Å². The van der Waals surface area contributed by atoms with Crippen LogP contribution in [0, 0.1) is 0 Å². The zero-order valence-corrected chi connectivity index (χ0v) is 15.8. The van der Waals surface area contributed by atoms with E-state index in [4.69, 9.17) is 9.47 Å². The first-order valence-corrected chi connectivity index (χ1v) is 9.17. The molecule has 29 heavy (non-hydrogen) atoms. The third-order valence-electron chi connectivity index (χ3n) is 4.70. The van der Waals surface area contributed by atoms with Gasteiger partial charge in [-0.15, -0.1) is 10.2 Å². The number of methoxy groups -OCH3 is 1. The molecule has 8 nitrogen and oxygen atoms in total. The molecule has 3 heterocycles. The molecule has 8 heteroatoms. The number of hydrogen-bond donors (Lipinski definition) is 0. The van der Waals surface area contributed by atoms with Crippen LogP contribution in [-0.2, 0) is 13.2 Å². The molecule has 0 saturated heterocycles. The topological polar surface area (TPSA) is 79.4 Å². The van der Waals surface area contributed by atoms with Crippen LogP contribution in [0.3, 0.4) is 0 Å². The van der Waals surface area contributed by atoms with Crippen LogP contribution in [0.1, 0.15) is 11.4 Å². The zero-order valence-electron chi connectivity index (χ0n) is 15.8. The van der Waals surface area contributed by atoms with E-state index in [0.717, 1.165) is 22.3 Å². The Morgan fingerprint density at radius 1 is 0.931 bits per heavy atom. The minimum absolute atomic E-state index is 0.264. The Kier molecular flexibility index (Phi) is 4.28. The van der Waals surface area contributed by atoms with Gasteiger partial charge in [-0.05, 0) is 17.7 Å². The maximum atomic E-state index is 5.85. The second kappa shape index (κ2) is 7.23. The highest BCUT2D eigenvalue weighted by Gasteiger charge is 2.14. The monoisotopic (exact) mass is 386 g/mol. The van der Waals surface area contributed by atoms with Crippen molar-refractivity contribution in [3.05, 3.63) is 78.5 Å². The van der Waals surface area contributed by atoms with Crippen LogP contribution in [0.5, 0.6) is 11.5 Å². The van der Waals surface area contributed by atoms with Gasteiger partial charge >= 0.3 is 0 Å². The van der Waals surface area contributed by atoms with Crippen LogP contribution < -0.4 is 9.47 Å². The van der Waals surface area contributed by atoms with Crippen molar-refractivity contribution in [3.8, 4) is 11.5 Å². The maximum Gasteiger partial charge on any atom is 0.176 e. The van der Waals surface area contributed by atoms with E-state index in [-0.39, 0.29) is 6.61 Å². The lowest BCUT2D eigenvalue weighted by Gasteiger charge is -2.07. The third kappa shape index (κ3) is 3.25. The van der Waals surface area contributed by atoms with Crippen LogP contribution in [0.4, 0.5) is 0 Å². The first-order chi connectivity index (χ1) is 14.3. The summed E-state index contributed by atoms with van der Waals surface area (Å²) < 4.78 is 14.8. The van der Waals surface area contributed by atoms with Gasteiger partial charge in [-0.25, -0.2) is 9.67 Å². The highest BCUT2D eigenvalue weighted by molar-refractivity contribution is 5.88. The largest absolute Gasteiger partial charge is 0.497 e. The molecule has 3 aromatic heterocycles. The minimum Gasteiger partial charge on any atom is -0.497 e. The van der Waals surface area contributed by atoms with E-state index in [2.05, 4.69) is 32.4 Å². The predicted octanol–water partition coefficient (Wildman–Crippen LogP) is 3.11. The zero-order chi connectivity index (χ0) is 19.6. The van der Waals surface area contributed by atoms with E-state index in [9.17, 15) is 0 Å². The lowest BCUT2D eigenvalue weighted by Crippen LogP contribution is -2.04. The van der Waals surface area contributed by atoms with Crippen molar-refractivity contribution < 1.29 is 9.47 Å². The summed E-state index contributed by atoms with van der Waals surface area (Å²) in [4.78, 5) is 4.59. The van der Waals surface area contributed by atoms with Crippen LogP contribution >= 0.6 is 0 Å². The lowest BCUT2D eigenvalue weighted by molar-refractivity contribution is 0.292. The quantitative estimate of drug-likeness (QED) is 0.446. The minimum atomic E-state index is 0.264. The van der Waals surface area contributed by atoms with E-state index < -0.39 is 0 Å². The summed E-state index contributed by atoms with van der Waals surface area (Å²) >= 11 is 0. The number of rotatable bonds is 6. The average Bonchev–Trinajstić information content (AvgIpc) is 3.37. The Morgan fingerprint density at radius 3 is 2.66 bits per heavy atom. The smallest absolute Gasteiger partial charge is 0.176 e. The molecule has 0 amide bonds. The van der Waals surface area contributed by atoms with Crippen LogP contribution in [0.25, 0.3) is 16.7 Å². The molecular formula is C21H18N6O2. The number of nitrogens with zero attached hydrogens (tertiary/aromatic N) is 6. The van der Waals surface area contributed by atoms with Crippen molar-refractivity contribution in [2.24, 2.45) is 0 Å². The normalized spacial score (nSPS) is 11.2. The summed E-state index contributed by atoms with van der Waals surface area (Å²) in [5, 5.41) is 13.9. The molecule has 2 aromatic carbocycles. The van der Waals surface area contributed by atoms with Gasteiger partial charge in [0.2, 0.25) is 0 Å². The second-order valence-electron chi connectivity index (χ2n) is 6.55. The van der Waals surface area contributed by atoms with Gasteiger partial charge in [-0.3, -0.25) is 4.40 Å². The average molecular weight is 386 g/mol. The number of aromatic nitrogens is 6. The van der Waals surface area contributed by atoms with Crippen molar-refractivity contribution in [2.75, 3.05) is 7.11 Å². The Hall–Kier alpha value is -3.94. The molecule has 0 saturated carbocycles. The first kappa shape index (κ1) is 17.2. The van der Waals surface area contributed by atoms with E-state index in [1.54, 1.807) is 19.6 Å². The van der Waals surface area contributed by atoms with Gasteiger partial charge in [0.05, 0.1) is 25.2 Å². The molecule has 0 N–H and O–H groups in total. The molecule has 0 radical (unpaired) electrons. The van der Waals surface area contributed by atoms with Gasteiger partial charge in [0.1, 0.15) is 24.4 Å². The predicted molar refractivity (Wildman–Crippen MR) is 107 cm³/mol. The summed E-state index contributed by atoms with van der Waals surface area (Å²) in [7, 11) is 1.63. The van der Waals surface area contributed by atoms with Crippen LogP contribution in [-0.4, -0.2) is 36.5 Å². The van der Waals surface area contributed by atoms with Crippen molar-refractivity contribution in [2.45, 2.75) is 13.2 Å². The fraction of sp³-hybridized carbons (Fsp3) is 0.143. The molecule has 0 aliphatic heterocycles. The molecule has 0 aliphatic rings. The van der Waals surface area contributed by atoms with Gasteiger partial charge in [-0.2, -0.15) is 5.10 Å². The Balaban J connectivity index is 1.43. The standard InChI is InChI=1S/C21H18N6O2/c1-28-16-8-5-9-17(10-16)29-13-19-24-25-21-18-11-23-27(20(18)22-14-26(19)21)12-15-6-3-2-4-7-15/h2-11,14H,12-13H2,1H3. The fourth-order valence-electron chi connectivity index (χ4n) is 3.22. The van der Waals surface area contributed by atoms with Crippen molar-refractivity contribution in [1.29, 1.82) is 0 Å². The summed E-state index contributed by atoms with van der Waals surface area (Å²) in [6, 6.07) is 17.6. The molecule has 0 bridgehead atoms. The molecular weight excluding hydrogens is 368 g/mol. The van der Waals surface area contributed by atoms with E-state index in [1.807, 2.05) is 51.5 Å². The van der Waals surface area contributed by atoms with Crippen LogP contribution in [0.15, 0.2) is 67.1 Å². The summed E-state index contributed by atoms with van der Waals surface area (Å²) in [6.45, 7) is 0.910. The van der Waals surface area contributed by atoms with E-state index >= 15 is 0 Å². The van der Waals surface area contributed by atoms with Gasteiger partial charge in [-0.1, -0.05) is 36.4 Å². The van der Waals surface area contributed by atoms with Crippen LogP contribution in [0.2, 0.25) is 0 Å². The fourth-order valence-corrected chi connectivity index (χ4v) is 3.22. The maximum absolute atomic E-state index is 5.85. The summed E-state index contributed by atoms with van der Waals surface area (Å²) in [6.07, 6.45) is 3.49. The molecule has 0 unspecified atom stereocenters. The molecule has 144 valence electrons. The Labute approximate surface area is 166 Å². The Morgan fingerprint density at radius 2 is 1.79 bits per heavy atom. The third-order valence-corrected chi connectivity index (χ3v) is 4.70. The SMILES string of the molecule is COc1cccc(OCc2nnc3c4cnn(Cc5ccccc5)c4ncn23)c1. The second-order valence-corrected chi connectivity index (χ2v) is 6.55. The van der Waals surface area contributed by atoms with E-state index in [1.165, 1.54) is 0 Å². The lowest BCUT2D eigenvalue weighted by atomic mass is 10.2. The molecule has 5 rings (SSSR count). The van der Waals surface area contributed by atoms with Crippen molar-refractivity contribution >= 4 is 16.7 Å². The molecule has 0 atom stereocenters. The number of ether oxygens (including phenoxy) is 2. The Bertz CT molecular complexity index is 1280. The number of fused-ring (bicyclic) bond motifs is 3. The molecule has 0 fully saturated rings. The molecule has 0 spiro atoms. The summed E-state index contributed by atoms with van der Waals surface area (Å²) in [5.41, 5.74) is 2.64.